The van der Waals surface area contributed by atoms with Gasteiger partial charge in [-0.3, -0.25) is 14.5 Å². The minimum atomic E-state index is -0.843. The summed E-state index contributed by atoms with van der Waals surface area (Å²) in [6, 6.07) is 6.37. The van der Waals surface area contributed by atoms with E-state index in [1.165, 1.54) is 4.57 Å². The van der Waals surface area contributed by atoms with Crippen LogP contribution in [-0.4, -0.2) is 57.2 Å². The number of pyridine rings is 2. The second kappa shape index (κ2) is 6.77. The van der Waals surface area contributed by atoms with Crippen molar-refractivity contribution in [3.8, 4) is 6.07 Å². The molecule has 0 amide bonds. The number of aliphatic carboxylic acids is 1. The summed E-state index contributed by atoms with van der Waals surface area (Å²) >= 11 is 0. The number of rotatable bonds is 3. The van der Waals surface area contributed by atoms with Gasteiger partial charge in [-0.15, -0.1) is 0 Å². The van der Waals surface area contributed by atoms with Crippen molar-refractivity contribution >= 4 is 22.7 Å². The molecular weight excluding hydrogens is 334 g/mol. The predicted octanol–water partition coefficient (Wildman–Crippen LogP) is 0.789. The molecule has 2 aromatic heterocycles. The van der Waals surface area contributed by atoms with E-state index in [1.54, 1.807) is 32.2 Å². The molecule has 0 bridgehead atoms. The highest BCUT2D eigenvalue weighted by Crippen LogP contribution is 2.27. The van der Waals surface area contributed by atoms with E-state index in [9.17, 15) is 14.7 Å². The highest BCUT2D eigenvalue weighted by molar-refractivity contribution is 5.89. The molecule has 3 heterocycles. The van der Waals surface area contributed by atoms with Crippen molar-refractivity contribution in [3.63, 3.8) is 0 Å². The third kappa shape index (κ3) is 3.02. The number of piperazine rings is 1. The van der Waals surface area contributed by atoms with Crippen molar-refractivity contribution in [3.05, 3.63) is 34.2 Å². The molecular formula is C18H21N5O3. The van der Waals surface area contributed by atoms with Gasteiger partial charge in [0.15, 0.2) is 0 Å². The van der Waals surface area contributed by atoms with Crippen LogP contribution in [0.3, 0.4) is 0 Å². The van der Waals surface area contributed by atoms with Crippen LogP contribution in [0, 0.1) is 11.3 Å². The Hall–Kier alpha value is -2.92. The molecule has 1 aliphatic rings. The SMILES string of the molecule is CC(C(=O)O)N1CCN(c2cc(=O)n(C)c3ccc(C#N)nc23)C(C)C1. The summed E-state index contributed by atoms with van der Waals surface area (Å²) < 4.78 is 1.51. The van der Waals surface area contributed by atoms with E-state index >= 15 is 0 Å². The predicted molar refractivity (Wildman–Crippen MR) is 97.2 cm³/mol. The van der Waals surface area contributed by atoms with Crippen LogP contribution in [-0.2, 0) is 11.8 Å². The Morgan fingerprint density at radius 1 is 1.42 bits per heavy atom. The van der Waals surface area contributed by atoms with E-state index in [-0.39, 0.29) is 11.6 Å². The lowest BCUT2D eigenvalue weighted by Crippen LogP contribution is -2.56. The molecule has 1 aliphatic heterocycles. The highest BCUT2D eigenvalue weighted by atomic mass is 16.4. The Morgan fingerprint density at radius 3 is 2.77 bits per heavy atom. The van der Waals surface area contributed by atoms with E-state index in [0.717, 1.165) is 0 Å². The first-order valence-electron chi connectivity index (χ1n) is 8.48. The van der Waals surface area contributed by atoms with Gasteiger partial charge in [-0.05, 0) is 26.0 Å². The maximum Gasteiger partial charge on any atom is 0.320 e. The smallest absolute Gasteiger partial charge is 0.320 e. The second-order valence-corrected chi connectivity index (χ2v) is 6.65. The number of aromatic nitrogens is 2. The van der Waals surface area contributed by atoms with E-state index in [4.69, 9.17) is 5.26 Å². The van der Waals surface area contributed by atoms with Gasteiger partial charge in [-0.2, -0.15) is 5.26 Å². The van der Waals surface area contributed by atoms with Gasteiger partial charge in [-0.25, -0.2) is 4.98 Å². The molecule has 8 heteroatoms. The lowest BCUT2D eigenvalue weighted by Gasteiger charge is -2.42. The maximum absolute atomic E-state index is 12.4. The zero-order chi connectivity index (χ0) is 19.0. The minimum Gasteiger partial charge on any atom is -0.480 e. The van der Waals surface area contributed by atoms with Crippen LogP contribution < -0.4 is 10.5 Å². The summed E-state index contributed by atoms with van der Waals surface area (Å²) in [5.41, 5.74) is 2.11. The Labute approximate surface area is 150 Å². The van der Waals surface area contributed by atoms with Gasteiger partial charge in [0, 0.05) is 38.8 Å². The molecule has 0 radical (unpaired) electrons. The van der Waals surface area contributed by atoms with Crippen LogP contribution in [0.1, 0.15) is 19.5 Å². The number of carbonyl (C=O) groups is 1. The highest BCUT2D eigenvalue weighted by Gasteiger charge is 2.30. The van der Waals surface area contributed by atoms with Crippen molar-refractivity contribution in [2.45, 2.75) is 25.9 Å². The van der Waals surface area contributed by atoms with Gasteiger partial charge in [0.05, 0.1) is 11.2 Å². The normalized spacial score (nSPS) is 19.3. The van der Waals surface area contributed by atoms with Crippen molar-refractivity contribution < 1.29 is 9.90 Å². The van der Waals surface area contributed by atoms with Crippen molar-refractivity contribution in [1.29, 1.82) is 5.26 Å². The number of fused-ring (bicyclic) bond motifs is 1. The second-order valence-electron chi connectivity index (χ2n) is 6.65. The number of carboxylic acids is 1. The molecule has 0 spiro atoms. The average molecular weight is 355 g/mol. The molecule has 2 unspecified atom stereocenters. The quantitative estimate of drug-likeness (QED) is 0.868. The summed E-state index contributed by atoms with van der Waals surface area (Å²) in [6.45, 7) is 5.41. The van der Waals surface area contributed by atoms with Gasteiger partial charge in [0.1, 0.15) is 23.3 Å². The molecule has 136 valence electrons. The molecule has 0 saturated carbocycles. The maximum atomic E-state index is 12.4. The number of hydrogen-bond acceptors (Lipinski definition) is 6. The van der Waals surface area contributed by atoms with Crippen LogP contribution in [0.2, 0.25) is 0 Å². The van der Waals surface area contributed by atoms with Crippen LogP contribution in [0.25, 0.3) is 11.0 Å². The summed E-state index contributed by atoms with van der Waals surface area (Å²) in [7, 11) is 1.68. The standard InChI is InChI=1S/C18H21N5O3/c1-11-10-22(12(2)18(25)26)6-7-23(11)15-8-16(24)21(3)14-5-4-13(9-19)20-17(14)15/h4-5,8,11-12H,6-7,10H2,1-3H3,(H,25,26). The topological polar surface area (TPSA) is 102 Å². The van der Waals surface area contributed by atoms with E-state index in [2.05, 4.69) is 9.88 Å². The number of anilines is 1. The molecule has 1 saturated heterocycles. The van der Waals surface area contributed by atoms with Gasteiger partial charge < -0.3 is 14.6 Å². The minimum absolute atomic E-state index is 0.00778. The molecule has 26 heavy (non-hydrogen) atoms. The van der Waals surface area contributed by atoms with Crippen molar-refractivity contribution in [2.24, 2.45) is 7.05 Å². The molecule has 8 nitrogen and oxygen atoms in total. The summed E-state index contributed by atoms with van der Waals surface area (Å²) in [5.74, 6) is -0.843. The monoisotopic (exact) mass is 355 g/mol. The molecule has 0 aliphatic carbocycles. The van der Waals surface area contributed by atoms with Gasteiger partial charge in [-0.1, -0.05) is 0 Å². The first kappa shape index (κ1) is 17.9. The Morgan fingerprint density at radius 2 is 2.15 bits per heavy atom. The third-order valence-electron chi connectivity index (χ3n) is 5.06. The Balaban J connectivity index is 2.03. The summed E-state index contributed by atoms with van der Waals surface area (Å²) in [4.78, 5) is 32.0. The Bertz CT molecular complexity index is 962. The third-order valence-corrected chi connectivity index (χ3v) is 5.06. The summed E-state index contributed by atoms with van der Waals surface area (Å²) in [5, 5.41) is 18.4. The fraction of sp³-hybridized carbons (Fsp3) is 0.444. The fourth-order valence-electron chi connectivity index (χ4n) is 3.44. The molecule has 1 N–H and O–H groups in total. The zero-order valence-electron chi connectivity index (χ0n) is 15.0. The number of nitrogens with zero attached hydrogens (tertiary/aromatic N) is 5. The van der Waals surface area contributed by atoms with Crippen molar-refractivity contribution in [1.82, 2.24) is 14.5 Å². The zero-order valence-corrected chi connectivity index (χ0v) is 15.0. The van der Waals surface area contributed by atoms with Crippen LogP contribution in [0.5, 0.6) is 0 Å². The first-order valence-corrected chi connectivity index (χ1v) is 8.48. The average Bonchev–Trinajstić information content (AvgIpc) is 2.63. The van der Waals surface area contributed by atoms with Gasteiger partial charge >= 0.3 is 5.97 Å². The first-order chi connectivity index (χ1) is 12.3. The number of carboxylic acid groups (broad SMARTS) is 1. The van der Waals surface area contributed by atoms with E-state index in [0.29, 0.717) is 42.0 Å². The van der Waals surface area contributed by atoms with Crippen molar-refractivity contribution in [2.75, 3.05) is 24.5 Å². The molecule has 2 aromatic rings. The largest absolute Gasteiger partial charge is 0.480 e. The molecule has 3 rings (SSSR count). The lowest BCUT2D eigenvalue weighted by molar-refractivity contribution is -0.142. The lowest BCUT2D eigenvalue weighted by atomic mass is 10.1. The van der Waals surface area contributed by atoms with Crippen LogP contribution in [0.4, 0.5) is 5.69 Å². The fourth-order valence-corrected chi connectivity index (χ4v) is 3.44. The van der Waals surface area contributed by atoms with E-state index in [1.807, 2.05) is 17.9 Å². The molecule has 2 atom stereocenters. The molecule has 1 fully saturated rings. The number of nitriles is 1. The van der Waals surface area contributed by atoms with Crippen LogP contribution in [0.15, 0.2) is 23.0 Å². The summed E-state index contributed by atoms with van der Waals surface area (Å²) in [6.07, 6.45) is 0. The van der Waals surface area contributed by atoms with Gasteiger partial charge in [0.2, 0.25) is 0 Å². The Kier molecular flexibility index (Phi) is 4.66. The molecule has 0 aromatic carbocycles. The van der Waals surface area contributed by atoms with E-state index < -0.39 is 12.0 Å². The van der Waals surface area contributed by atoms with Crippen LogP contribution >= 0.6 is 0 Å². The number of hydrogen-bond donors (Lipinski definition) is 1. The number of aryl methyl sites for hydroxylation is 1. The van der Waals surface area contributed by atoms with Gasteiger partial charge in [0.25, 0.3) is 5.56 Å².